The molecule has 0 aromatic rings. The predicted octanol–water partition coefficient (Wildman–Crippen LogP) is 2.53. The summed E-state index contributed by atoms with van der Waals surface area (Å²) in [5, 5.41) is 8.48. The van der Waals surface area contributed by atoms with E-state index < -0.39 is 24.5 Å². The Morgan fingerprint density at radius 1 is 1.32 bits per heavy atom. The van der Waals surface area contributed by atoms with Crippen LogP contribution in [0, 0.1) is 17.3 Å². The molecule has 25 heavy (non-hydrogen) atoms. The molecule has 1 atom stereocenters. The van der Waals surface area contributed by atoms with Crippen LogP contribution in [0.4, 0.5) is 13.2 Å². The van der Waals surface area contributed by atoms with Crippen molar-refractivity contribution in [3.05, 3.63) is 0 Å². The molecule has 1 unspecified atom stereocenters. The molecule has 9 heteroatoms. The summed E-state index contributed by atoms with van der Waals surface area (Å²) in [5.41, 5.74) is -0.0519. The smallest absolute Gasteiger partial charge is 0.471 e. The zero-order valence-corrected chi connectivity index (χ0v) is 15.6. The molecule has 0 bridgehead atoms. The highest BCUT2D eigenvalue weighted by Crippen LogP contribution is 2.34. The van der Waals surface area contributed by atoms with E-state index in [-0.39, 0.29) is 17.8 Å². The van der Waals surface area contributed by atoms with Crippen LogP contribution in [0.2, 0.25) is 0 Å². The van der Waals surface area contributed by atoms with Crippen LogP contribution < -0.4 is 5.32 Å². The second-order valence-electron chi connectivity index (χ2n) is 7.18. The van der Waals surface area contributed by atoms with Crippen molar-refractivity contribution in [1.29, 1.82) is 0 Å². The summed E-state index contributed by atoms with van der Waals surface area (Å²) in [5.74, 6) is -1.45. The van der Waals surface area contributed by atoms with Crippen molar-refractivity contribution in [1.82, 2.24) is 10.2 Å². The van der Waals surface area contributed by atoms with Gasteiger partial charge in [-0.3, -0.25) is 14.4 Å². The molecule has 0 radical (unpaired) electrons. The maximum atomic E-state index is 11.9. The van der Waals surface area contributed by atoms with Crippen LogP contribution in [0.25, 0.3) is 0 Å². The van der Waals surface area contributed by atoms with E-state index in [0.717, 1.165) is 5.92 Å². The van der Waals surface area contributed by atoms with Gasteiger partial charge in [0, 0.05) is 13.1 Å². The van der Waals surface area contributed by atoms with E-state index in [2.05, 4.69) is 20.8 Å². The summed E-state index contributed by atoms with van der Waals surface area (Å²) in [6.45, 7) is 12.6. The average Bonchev–Trinajstić information content (AvgIpc) is 2.69. The van der Waals surface area contributed by atoms with Crippen LogP contribution in [-0.4, -0.2) is 54.1 Å². The molecule has 0 spiro atoms. The number of nitrogens with one attached hydrogen (secondary N) is 1. The number of hydrogen-bond donors (Lipinski definition) is 2. The van der Waals surface area contributed by atoms with Crippen molar-refractivity contribution in [2.75, 3.05) is 19.6 Å². The van der Waals surface area contributed by atoms with Crippen molar-refractivity contribution in [3.8, 4) is 0 Å². The van der Waals surface area contributed by atoms with Crippen LogP contribution >= 0.6 is 0 Å². The van der Waals surface area contributed by atoms with E-state index in [1.54, 1.807) is 5.32 Å². The second-order valence-corrected chi connectivity index (χ2v) is 7.18. The van der Waals surface area contributed by atoms with Crippen molar-refractivity contribution in [2.24, 2.45) is 17.3 Å². The zero-order chi connectivity index (χ0) is 20.4. The van der Waals surface area contributed by atoms with E-state index in [4.69, 9.17) is 9.90 Å². The lowest BCUT2D eigenvalue weighted by atomic mass is 9.84. The number of carbonyl (C=O) groups excluding carboxylic acids is 2. The number of amides is 2. The van der Waals surface area contributed by atoms with Gasteiger partial charge in [0.2, 0.25) is 5.91 Å². The highest BCUT2D eigenvalue weighted by Gasteiger charge is 2.41. The first kappa shape index (κ1) is 25.4. The highest BCUT2D eigenvalue weighted by molar-refractivity contribution is 5.87. The molecular weight excluding hydrogens is 341 g/mol. The average molecular weight is 370 g/mol. The molecule has 1 aliphatic rings. The number of rotatable bonds is 2. The summed E-state index contributed by atoms with van der Waals surface area (Å²) in [6, 6.07) is 0. The monoisotopic (exact) mass is 370 g/mol. The molecule has 1 heterocycles. The van der Waals surface area contributed by atoms with E-state index in [1.165, 1.54) is 4.90 Å². The van der Waals surface area contributed by atoms with Crippen LogP contribution in [0.15, 0.2) is 0 Å². The van der Waals surface area contributed by atoms with Crippen molar-refractivity contribution in [2.45, 2.75) is 47.7 Å². The Bertz CT molecular complexity index is 435. The summed E-state index contributed by atoms with van der Waals surface area (Å²) in [6.07, 6.45) is -4.95. The standard InChI is InChI=1S/C11H17F3N2O2.C4H10.CH2O2/c1-7-5-16(6-10(7,2)3)8(17)4-15-9(18)11(12,13)14;1-4(2)3;2-1-3/h7H,4-6H2,1-3H3,(H,15,18);4H,1-3H3;1H,(H,2,3). The van der Waals surface area contributed by atoms with Crippen molar-refractivity contribution < 1.29 is 32.7 Å². The third kappa shape index (κ3) is 11.4. The van der Waals surface area contributed by atoms with Crippen molar-refractivity contribution >= 4 is 18.3 Å². The van der Waals surface area contributed by atoms with Gasteiger partial charge in [-0.1, -0.05) is 41.5 Å². The SMILES string of the molecule is CC(C)C.CC1CN(C(=O)CNC(=O)C(F)(F)F)CC1(C)C.O=CO. The van der Waals surface area contributed by atoms with Gasteiger partial charge in [0.1, 0.15) is 0 Å². The first-order valence-corrected chi connectivity index (χ1v) is 7.89. The molecule has 1 aliphatic heterocycles. The Morgan fingerprint density at radius 3 is 2.00 bits per heavy atom. The number of likely N-dealkylation sites (tertiary alicyclic amines) is 1. The van der Waals surface area contributed by atoms with Gasteiger partial charge in [0.15, 0.2) is 0 Å². The normalized spacial score (nSPS) is 18.5. The number of alkyl halides is 3. The minimum Gasteiger partial charge on any atom is -0.483 e. The van der Waals surface area contributed by atoms with E-state index in [1.807, 2.05) is 20.8 Å². The molecule has 148 valence electrons. The summed E-state index contributed by atoms with van der Waals surface area (Å²) < 4.78 is 35.8. The Labute approximate surface area is 146 Å². The molecule has 2 amide bonds. The first-order valence-electron chi connectivity index (χ1n) is 7.89. The van der Waals surface area contributed by atoms with Gasteiger partial charge >= 0.3 is 12.1 Å². The third-order valence-corrected chi connectivity index (χ3v) is 3.44. The maximum Gasteiger partial charge on any atom is 0.471 e. The van der Waals surface area contributed by atoms with E-state index in [9.17, 15) is 22.8 Å². The molecule has 1 rings (SSSR count). The summed E-state index contributed by atoms with van der Waals surface area (Å²) >= 11 is 0. The quantitative estimate of drug-likeness (QED) is 0.732. The largest absolute Gasteiger partial charge is 0.483 e. The van der Waals surface area contributed by atoms with Gasteiger partial charge in [-0.15, -0.1) is 0 Å². The Morgan fingerprint density at radius 2 is 1.72 bits per heavy atom. The lowest BCUT2D eigenvalue weighted by Gasteiger charge is -2.22. The molecule has 0 aliphatic carbocycles. The molecule has 6 nitrogen and oxygen atoms in total. The molecule has 2 N–H and O–H groups in total. The molecule has 0 saturated carbocycles. The van der Waals surface area contributed by atoms with Gasteiger partial charge in [-0.25, -0.2) is 0 Å². The number of nitrogens with zero attached hydrogens (tertiary/aromatic N) is 1. The number of halogens is 3. The molecule has 0 aromatic carbocycles. The lowest BCUT2D eigenvalue weighted by molar-refractivity contribution is -0.174. The summed E-state index contributed by atoms with van der Waals surface area (Å²) in [7, 11) is 0. The van der Waals surface area contributed by atoms with Crippen molar-refractivity contribution in [3.63, 3.8) is 0 Å². The number of carbonyl (C=O) groups is 3. The summed E-state index contributed by atoms with van der Waals surface area (Å²) in [4.78, 5) is 32.1. The fourth-order valence-electron chi connectivity index (χ4n) is 1.85. The second kappa shape index (κ2) is 10.9. The van der Waals surface area contributed by atoms with Gasteiger partial charge in [0.05, 0.1) is 6.54 Å². The van der Waals surface area contributed by atoms with Crippen LogP contribution in [0.3, 0.4) is 0 Å². The highest BCUT2D eigenvalue weighted by atomic mass is 19.4. The van der Waals surface area contributed by atoms with E-state index in [0.29, 0.717) is 13.1 Å². The lowest BCUT2D eigenvalue weighted by Crippen LogP contribution is -2.44. The molecular formula is C16H29F3N2O4. The zero-order valence-electron chi connectivity index (χ0n) is 15.6. The Hall–Kier alpha value is -1.80. The maximum absolute atomic E-state index is 11.9. The van der Waals surface area contributed by atoms with Gasteiger partial charge in [-0.05, 0) is 17.3 Å². The van der Waals surface area contributed by atoms with Gasteiger partial charge in [-0.2, -0.15) is 13.2 Å². The minimum absolute atomic E-state index is 0.0519. The predicted molar refractivity (Wildman–Crippen MR) is 87.8 cm³/mol. The first-order chi connectivity index (χ1) is 11.2. The minimum atomic E-state index is -4.95. The Kier molecular flexibility index (Phi) is 11.1. The van der Waals surface area contributed by atoms with Gasteiger partial charge in [0.25, 0.3) is 6.47 Å². The van der Waals surface area contributed by atoms with Gasteiger partial charge < -0.3 is 15.3 Å². The number of carboxylic acid groups (broad SMARTS) is 1. The van der Waals surface area contributed by atoms with Crippen LogP contribution in [-0.2, 0) is 14.4 Å². The molecule has 1 saturated heterocycles. The number of hydrogen-bond acceptors (Lipinski definition) is 3. The van der Waals surface area contributed by atoms with E-state index >= 15 is 0 Å². The fourth-order valence-corrected chi connectivity index (χ4v) is 1.85. The fraction of sp³-hybridized carbons (Fsp3) is 0.812. The topological polar surface area (TPSA) is 86.7 Å². The Balaban J connectivity index is 0. The van der Waals surface area contributed by atoms with Crippen LogP contribution in [0.1, 0.15) is 41.5 Å². The molecule has 1 fully saturated rings. The van der Waals surface area contributed by atoms with Crippen LogP contribution in [0.5, 0.6) is 0 Å². The molecule has 0 aromatic heterocycles. The third-order valence-electron chi connectivity index (χ3n) is 3.44.